The summed E-state index contributed by atoms with van der Waals surface area (Å²) in [6.07, 6.45) is 1.80. The van der Waals surface area contributed by atoms with Gasteiger partial charge in [-0.15, -0.1) is 0 Å². The van der Waals surface area contributed by atoms with Gasteiger partial charge in [0.2, 0.25) is 0 Å². The van der Waals surface area contributed by atoms with E-state index in [2.05, 4.69) is 22.0 Å². The summed E-state index contributed by atoms with van der Waals surface area (Å²) in [6, 6.07) is 4.06. The Morgan fingerprint density at radius 3 is 2.58 bits per heavy atom. The van der Waals surface area contributed by atoms with Crippen LogP contribution < -0.4 is 4.74 Å². The molecule has 1 rings (SSSR count). The van der Waals surface area contributed by atoms with Gasteiger partial charge in [-0.25, -0.2) is 0 Å². The van der Waals surface area contributed by atoms with Crippen LogP contribution in [0.15, 0.2) is 16.6 Å². The molecule has 0 bridgehead atoms. The summed E-state index contributed by atoms with van der Waals surface area (Å²) in [5.41, 5.74) is 2.03. The van der Waals surface area contributed by atoms with Crippen LogP contribution in [-0.4, -0.2) is 18.2 Å². The average molecular weight is 329 g/mol. The van der Waals surface area contributed by atoms with Crippen LogP contribution in [0.2, 0.25) is 0 Å². The summed E-state index contributed by atoms with van der Waals surface area (Å²) in [5.74, 6) is 0.119. The molecular weight excluding hydrogens is 308 g/mol. The van der Waals surface area contributed by atoms with Gasteiger partial charge >= 0.3 is 5.97 Å². The maximum Gasteiger partial charge on any atom is 0.303 e. The molecule has 19 heavy (non-hydrogen) atoms. The van der Waals surface area contributed by atoms with Crippen molar-refractivity contribution in [2.45, 2.75) is 40.0 Å². The summed E-state index contributed by atoms with van der Waals surface area (Å²) in [5, 5.41) is 8.90. The molecule has 1 aromatic rings. The third-order valence-corrected chi connectivity index (χ3v) is 4.12. The normalized spacial score (nSPS) is 11.4. The molecule has 0 unspecified atom stereocenters. The Bertz CT molecular complexity index is 467. The Labute approximate surface area is 123 Å². The minimum absolute atomic E-state index is 0.183. The van der Waals surface area contributed by atoms with E-state index in [1.807, 2.05) is 26.8 Å². The SMILES string of the molecule is COc1cc(C)c(Br)cc1CCC(C)(C)CC(=O)O. The molecule has 3 nitrogen and oxygen atoms in total. The van der Waals surface area contributed by atoms with Crippen molar-refractivity contribution in [3.8, 4) is 5.75 Å². The van der Waals surface area contributed by atoms with E-state index >= 15 is 0 Å². The molecule has 0 aliphatic rings. The van der Waals surface area contributed by atoms with E-state index < -0.39 is 5.97 Å². The summed E-state index contributed by atoms with van der Waals surface area (Å²) < 4.78 is 6.45. The number of rotatable bonds is 6. The molecule has 1 N–H and O–H groups in total. The number of aliphatic carboxylic acids is 1. The van der Waals surface area contributed by atoms with Crippen molar-refractivity contribution in [3.63, 3.8) is 0 Å². The summed E-state index contributed by atoms with van der Waals surface area (Å²) in [6.45, 7) is 5.98. The molecule has 0 saturated carbocycles. The van der Waals surface area contributed by atoms with Crippen LogP contribution in [0.5, 0.6) is 5.75 Å². The van der Waals surface area contributed by atoms with Gasteiger partial charge in [0.1, 0.15) is 5.75 Å². The topological polar surface area (TPSA) is 46.5 Å². The van der Waals surface area contributed by atoms with Gasteiger partial charge in [-0.3, -0.25) is 4.79 Å². The molecule has 0 aromatic heterocycles. The number of methoxy groups -OCH3 is 1. The van der Waals surface area contributed by atoms with Gasteiger partial charge in [-0.1, -0.05) is 29.8 Å². The molecule has 1 aromatic carbocycles. The van der Waals surface area contributed by atoms with Crippen molar-refractivity contribution in [1.82, 2.24) is 0 Å². The second-order valence-corrected chi connectivity index (χ2v) is 6.50. The molecule has 0 saturated heterocycles. The molecule has 0 amide bonds. The first kappa shape index (κ1) is 16.0. The lowest BCUT2D eigenvalue weighted by Gasteiger charge is -2.23. The van der Waals surface area contributed by atoms with Gasteiger partial charge in [-0.2, -0.15) is 0 Å². The predicted octanol–water partition coefficient (Wildman–Crippen LogP) is 4.20. The van der Waals surface area contributed by atoms with Crippen LogP contribution in [0.25, 0.3) is 0 Å². The molecule has 0 heterocycles. The number of benzene rings is 1. The molecule has 0 aliphatic heterocycles. The largest absolute Gasteiger partial charge is 0.496 e. The van der Waals surface area contributed by atoms with Gasteiger partial charge in [-0.05, 0) is 48.4 Å². The van der Waals surface area contributed by atoms with Crippen molar-refractivity contribution < 1.29 is 14.6 Å². The van der Waals surface area contributed by atoms with E-state index in [4.69, 9.17) is 9.84 Å². The number of hydrogen-bond donors (Lipinski definition) is 1. The third kappa shape index (κ3) is 4.86. The monoisotopic (exact) mass is 328 g/mol. The summed E-state index contributed by atoms with van der Waals surface area (Å²) >= 11 is 3.52. The predicted molar refractivity (Wildman–Crippen MR) is 79.8 cm³/mol. The molecule has 4 heteroatoms. The van der Waals surface area contributed by atoms with Gasteiger partial charge in [0.05, 0.1) is 13.5 Å². The van der Waals surface area contributed by atoms with Crippen molar-refractivity contribution in [2.24, 2.45) is 5.41 Å². The molecule has 0 atom stereocenters. The van der Waals surface area contributed by atoms with Crippen molar-refractivity contribution >= 4 is 21.9 Å². The second kappa shape index (κ2) is 6.42. The summed E-state index contributed by atoms with van der Waals surface area (Å²) in [4.78, 5) is 10.8. The smallest absolute Gasteiger partial charge is 0.303 e. The van der Waals surface area contributed by atoms with Crippen LogP contribution in [0.3, 0.4) is 0 Å². The fraction of sp³-hybridized carbons (Fsp3) is 0.533. The van der Waals surface area contributed by atoms with E-state index in [9.17, 15) is 4.79 Å². The average Bonchev–Trinajstić information content (AvgIpc) is 2.28. The van der Waals surface area contributed by atoms with Crippen LogP contribution in [-0.2, 0) is 11.2 Å². The van der Waals surface area contributed by atoms with Gasteiger partial charge < -0.3 is 9.84 Å². The van der Waals surface area contributed by atoms with Crippen LogP contribution in [0.1, 0.15) is 37.8 Å². The quantitative estimate of drug-likeness (QED) is 0.851. The molecule has 0 aliphatic carbocycles. The van der Waals surface area contributed by atoms with Crippen LogP contribution in [0, 0.1) is 12.3 Å². The highest BCUT2D eigenvalue weighted by molar-refractivity contribution is 9.10. The van der Waals surface area contributed by atoms with E-state index in [0.717, 1.165) is 34.2 Å². The maximum absolute atomic E-state index is 10.8. The Morgan fingerprint density at radius 2 is 2.05 bits per heavy atom. The van der Waals surface area contributed by atoms with Crippen molar-refractivity contribution in [3.05, 3.63) is 27.7 Å². The lowest BCUT2D eigenvalue weighted by atomic mass is 9.83. The first-order valence-corrected chi connectivity index (χ1v) is 7.09. The number of halogens is 1. The highest BCUT2D eigenvalue weighted by Gasteiger charge is 2.22. The van der Waals surface area contributed by atoms with E-state index in [-0.39, 0.29) is 11.8 Å². The number of carboxylic acids is 1. The minimum Gasteiger partial charge on any atom is -0.496 e. The van der Waals surface area contributed by atoms with Gasteiger partial charge in [0.25, 0.3) is 0 Å². The van der Waals surface area contributed by atoms with Crippen LogP contribution in [0.4, 0.5) is 0 Å². The minimum atomic E-state index is -0.748. The Balaban J connectivity index is 2.82. The fourth-order valence-electron chi connectivity index (χ4n) is 2.05. The lowest BCUT2D eigenvalue weighted by Crippen LogP contribution is -2.17. The molecule has 0 radical (unpaired) electrons. The molecular formula is C15H21BrO3. The van der Waals surface area contributed by atoms with Gasteiger partial charge in [0, 0.05) is 4.47 Å². The number of hydrogen-bond acceptors (Lipinski definition) is 2. The highest BCUT2D eigenvalue weighted by atomic mass is 79.9. The first-order chi connectivity index (χ1) is 8.75. The van der Waals surface area contributed by atoms with Crippen molar-refractivity contribution in [1.29, 1.82) is 0 Å². The number of carbonyl (C=O) groups is 1. The lowest BCUT2D eigenvalue weighted by molar-refractivity contribution is -0.139. The first-order valence-electron chi connectivity index (χ1n) is 6.30. The molecule has 0 spiro atoms. The maximum atomic E-state index is 10.8. The number of ether oxygens (including phenoxy) is 1. The summed E-state index contributed by atoms with van der Waals surface area (Å²) in [7, 11) is 1.66. The van der Waals surface area contributed by atoms with Gasteiger partial charge in [0.15, 0.2) is 0 Å². The second-order valence-electron chi connectivity index (χ2n) is 5.65. The van der Waals surface area contributed by atoms with E-state index in [1.54, 1.807) is 7.11 Å². The van der Waals surface area contributed by atoms with E-state index in [0.29, 0.717) is 0 Å². The Morgan fingerprint density at radius 1 is 1.42 bits per heavy atom. The van der Waals surface area contributed by atoms with Crippen LogP contribution >= 0.6 is 15.9 Å². The van der Waals surface area contributed by atoms with E-state index in [1.165, 1.54) is 0 Å². The van der Waals surface area contributed by atoms with Crippen molar-refractivity contribution in [2.75, 3.05) is 7.11 Å². The third-order valence-electron chi connectivity index (χ3n) is 3.26. The Hall–Kier alpha value is -1.03. The molecule has 0 fully saturated rings. The number of aryl methyl sites for hydroxylation is 2. The Kier molecular flexibility index (Phi) is 5.41. The zero-order valence-electron chi connectivity index (χ0n) is 11.9. The standard InChI is InChI=1S/C15H21BrO3/c1-10-7-13(19-4)11(8-12(10)16)5-6-15(2,3)9-14(17)18/h7-8H,5-6,9H2,1-4H3,(H,17,18). The zero-order chi connectivity index (χ0) is 14.6. The highest BCUT2D eigenvalue weighted by Crippen LogP contribution is 2.32. The molecule has 106 valence electrons. The zero-order valence-corrected chi connectivity index (χ0v) is 13.5. The fourth-order valence-corrected chi connectivity index (χ4v) is 2.44. The number of carboxylic acid groups (broad SMARTS) is 1.